The molecule has 0 aromatic heterocycles. The van der Waals surface area contributed by atoms with Crippen molar-refractivity contribution in [2.75, 3.05) is 11.9 Å². The zero-order valence-corrected chi connectivity index (χ0v) is 13.2. The minimum absolute atomic E-state index is 0.233. The number of carbonyl (C=O) groups excluding carboxylic acids is 2. The van der Waals surface area contributed by atoms with Crippen molar-refractivity contribution in [3.8, 4) is 6.07 Å². The standard InChI is InChI=1S/C20H14N2O3/c21-12-14-5-3-8-16(11-14)20(24)25-13-19(23)22-18-10-4-7-15-6-1-2-9-17(15)18/h1-11H,13H2,(H,22,23). The summed E-state index contributed by atoms with van der Waals surface area (Å²) in [5.74, 6) is -1.08. The van der Waals surface area contributed by atoms with Gasteiger partial charge in [0, 0.05) is 11.1 Å². The van der Waals surface area contributed by atoms with Gasteiger partial charge in [0.05, 0.1) is 17.2 Å². The molecule has 0 heterocycles. The first-order chi connectivity index (χ1) is 12.2. The van der Waals surface area contributed by atoms with E-state index in [0.717, 1.165) is 10.8 Å². The molecule has 25 heavy (non-hydrogen) atoms. The fourth-order valence-electron chi connectivity index (χ4n) is 2.45. The van der Waals surface area contributed by atoms with Gasteiger partial charge in [-0.3, -0.25) is 4.79 Å². The van der Waals surface area contributed by atoms with Crippen LogP contribution >= 0.6 is 0 Å². The summed E-state index contributed by atoms with van der Waals surface area (Å²) in [4.78, 5) is 24.0. The number of anilines is 1. The summed E-state index contributed by atoms with van der Waals surface area (Å²) >= 11 is 0. The molecule has 0 fully saturated rings. The minimum Gasteiger partial charge on any atom is -0.452 e. The molecule has 0 radical (unpaired) electrons. The number of fused-ring (bicyclic) bond motifs is 1. The number of nitrogens with zero attached hydrogens (tertiary/aromatic N) is 1. The monoisotopic (exact) mass is 330 g/mol. The Balaban J connectivity index is 1.64. The molecule has 122 valence electrons. The van der Waals surface area contributed by atoms with Crippen LogP contribution in [-0.2, 0) is 9.53 Å². The summed E-state index contributed by atoms with van der Waals surface area (Å²) in [6.07, 6.45) is 0. The molecule has 5 heteroatoms. The normalized spacial score (nSPS) is 10.0. The topological polar surface area (TPSA) is 79.2 Å². The van der Waals surface area contributed by atoms with Gasteiger partial charge < -0.3 is 10.1 Å². The number of carbonyl (C=O) groups is 2. The van der Waals surface area contributed by atoms with Gasteiger partial charge in [0.25, 0.3) is 5.91 Å². The van der Waals surface area contributed by atoms with Gasteiger partial charge in [-0.15, -0.1) is 0 Å². The number of esters is 1. The highest BCUT2D eigenvalue weighted by molar-refractivity contribution is 6.03. The van der Waals surface area contributed by atoms with Gasteiger partial charge in [-0.25, -0.2) is 4.79 Å². The summed E-state index contributed by atoms with van der Waals surface area (Å²) in [7, 11) is 0. The molecular formula is C20H14N2O3. The Morgan fingerprint density at radius 3 is 2.60 bits per heavy atom. The molecule has 0 unspecified atom stereocenters. The van der Waals surface area contributed by atoms with Gasteiger partial charge in [0.2, 0.25) is 0 Å². The number of rotatable bonds is 4. The Kier molecular flexibility index (Phi) is 4.72. The molecule has 3 rings (SSSR count). The molecule has 0 atom stereocenters. The minimum atomic E-state index is -0.648. The third-order valence-corrected chi connectivity index (χ3v) is 3.63. The molecule has 0 aliphatic carbocycles. The fourth-order valence-corrected chi connectivity index (χ4v) is 2.45. The van der Waals surface area contributed by atoms with Crippen LogP contribution in [0.25, 0.3) is 10.8 Å². The Morgan fingerprint density at radius 1 is 1.00 bits per heavy atom. The summed E-state index contributed by atoms with van der Waals surface area (Å²) in [5.41, 5.74) is 1.25. The van der Waals surface area contributed by atoms with Gasteiger partial charge >= 0.3 is 5.97 Å². The number of nitriles is 1. The van der Waals surface area contributed by atoms with E-state index in [4.69, 9.17) is 10.00 Å². The second-order valence-corrected chi connectivity index (χ2v) is 5.34. The highest BCUT2D eigenvalue weighted by Gasteiger charge is 2.11. The van der Waals surface area contributed by atoms with Crippen molar-refractivity contribution in [2.45, 2.75) is 0 Å². The number of benzene rings is 3. The van der Waals surface area contributed by atoms with Crippen molar-refractivity contribution < 1.29 is 14.3 Å². The maximum atomic E-state index is 12.1. The van der Waals surface area contributed by atoms with Gasteiger partial charge in [-0.1, -0.05) is 42.5 Å². The van der Waals surface area contributed by atoms with E-state index in [2.05, 4.69) is 5.32 Å². The van der Waals surface area contributed by atoms with Crippen LogP contribution in [0.1, 0.15) is 15.9 Å². The van der Waals surface area contributed by atoms with E-state index >= 15 is 0 Å². The van der Waals surface area contributed by atoms with E-state index in [1.165, 1.54) is 12.1 Å². The van der Waals surface area contributed by atoms with Crippen LogP contribution in [0.5, 0.6) is 0 Å². The lowest BCUT2D eigenvalue weighted by atomic mass is 10.1. The van der Waals surface area contributed by atoms with Crippen LogP contribution in [0, 0.1) is 11.3 Å². The van der Waals surface area contributed by atoms with Gasteiger partial charge in [0.1, 0.15) is 0 Å². The zero-order valence-electron chi connectivity index (χ0n) is 13.2. The van der Waals surface area contributed by atoms with Crippen molar-refractivity contribution in [3.63, 3.8) is 0 Å². The molecule has 3 aromatic carbocycles. The number of amides is 1. The fraction of sp³-hybridized carbons (Fsp3) is 0.0500. The van der Waals surface area contributed by atoms with Crippen molar-refractivity contribution >= 4 is 28.3 Å². The second kappa shape index (κ2) is 7.28. The van der Waals surface area contributed by atoms with Crippen LogP contribution in [0.2, 0.25) is 0 Å². The summed E-state index contributed by atoms with van der Waals surface area (Å²) in [5, 5.41) is 13.5. The third-order valence-electron chi connectivity index (χ3n) is 3.63. The van der Waals surface area contributed by atoms with Crippen LogP contribution in [0.3, 0.4) is 0 Å². The molecule has 0 bridgehead atoms. The Hall–Kier alpha value is -3.65. The van der Waals surface area contributed by atoms with E-state index in [-0.39, 0.29) is 5.56 Å². The largest absolute Gasteiger partial charge is 0.452 e. The lowest BCUT2D eigenvalue weighted by molar-refractivity contribution is -0.119. The Morgan fingerprint density at radius 2 is 1.76 bits per heavy atom. The quantitative estimate of drug-likeness (QED) is 0.743. The Labute approximate surface area is 144 Å². The van der Waals surface area contributed by atoms with Crippen LogP contribution in [0.15, 0.2) is 66.7 Å². The lowest BCUT2D eigenvalue weighted by Crippen LogP contribution is -2.21. The summed E-state index contributed by atoms with van der Waals surface area (Å²) in [6.45, 7) is -0.404. The molecule has 3 aromatic rings. The molecule has 1 N–H and O–H groups in total. The molecule has 0 aliphatic heterocycles. The Bertz CT molecular complexity index is 984. The highest BCUT2D eigenvalue weighted by atomic mass is 16.5. The van der Waals surface area contributed by atoms with Crippen molar-refractivity contribution in [1.29, 1.82) is 5.26 Å². The first kappa shape index (κ1) is 16.2. The zero-order chi connectivity index (χ0) is 17.6. The first-order valence-electron chi connectivity index (χ1n) is 7.62. The molecule has 5 nitrogen and oxygen atoms in total. The number of hydrogen-bond acceptors (Lipinski definition) is 4. The third kappa shape index (κ3) is 3.82. The molecule has 1 amide bonds. The maximum Gasteiger partial charge on any atom is 0.338 e. The molecule has 0 spiro atoms. The second-order valence-electron chi connectivity index (χ2n) is 5.34. The van der Waals surface area contributed by atoms with Crippen molar-refractivity contribution in [1.82, 2.24) is 0 Å². The van der Waals surface area contributed by atoms with Crippen LogP contribution < -0.4 is 5.32 Å². The van der Waals surface area contributed by atoms with Crippen LogP contribution in [-0.4, -0.2) is 18.5 Å². The first-order valence-corrected chi connectivity index (χ1v) is 7.62. The van der Waals surface area contributed by atoms with Gasteiger partial charge in [0.15, 0.2) is 6.61 Å². The number of ether oxygens (including phenoxy) is 1. The van der Waals surface area contributed by atoms with Gasteiger partial charge in [-0.05, 0) is 29.7 Å². The molecule has 0 saturated carbocycles. The van der Waals surface area contributed by atoms with Crippen LogP contribution in [0.4, 0.5) is 5.69 Å². The SMILES string of the molecule is N#Cc1cccc(C(=O)OCC(=O)Nc2cccc3ccccc23)c1. The van der Waals surface area contributed by atoms with E-state index < -0.39 is 18.5 Å². The average molecular weight is 330 g/mol. The number of hydrogen-bond donors (Lipinski definition) is 1. The van der Waals surface area contributed by atoms with E-state index in [0.29, 0.717) is 11.3 Å². The predicted molar refractivity (Wildman–Crippen MR) is 94.0 cm³/mol. The maximum absolute atomic E-state index is 12.1. The van der Waals surface area contributed by atoms with E-state index in [1.807, 2.05) is 42.5 Å². The summed E-state index contributed by atoms with van der Waals surface area (Å²) in [6, 6.07) is 21.3. The molecule has 0 aliphatic rings. The van der Waals surface area contributed by atoms with Crippen molar-refractivity contribution in [3.05, 3.63) is 77.9 Å². The molecular weight excluding hydrogens is 316 g/mol. The van der Waals surface area contributed by atoms with E-state index in [9.17, 15) is 9.59 Å². The molecule has 0 saturated heterocycles. The number of nitrogens with one attached hydrogen (secondary N) is 1. The van der Waals surface area contributed by atoms with E-state index in [1.54, 1.807) is 18.2 Å². The summed E-state index contributed by atoms with van der Waals surface area (Å²) < 4.78 is 5.01. The smallest absolute Gasteiger partial charge is 0.338 e. The average Bonchev–Trinajstić information content (AvgIpc) is 2.66. The van der Waals surface area contributed by atoms with Crippen molar-refractivity contribution in [2.24, 2.45) is 0 Å². The lowest BCUT2D eigenvalue weighted by Gasteiger charge is -2.09. The van der Waals surface area contributed by atoms with Gasteiger partial charge in [-0.2, -0.15) is 5.26 Å². The predicted octanol–water partition coefficient (Wildman–Crippen LogP) is 3.51. The highest BCUT2D eigenvalue weighted by Crippen LogP contribution is 2.22.